The fourth-order valence-corrected chi connectivity index (χ4v) is 2.88. The first-order valence-corrected chi connectivity index (χ1v) is 6.94. The lowest BCUT2D eigenvalue weighted by molar-refractivity contribution is -0.384. The van der Waals surface area contributed by atoms with E-state index in [2.05, 4.69) is 0 Å². The Morgan fingerprint density at radius 2 is 2.05 bits per heavy atom. The van der Waals surface area contributed by atoms with Crippen LogP contribution in [-0.4, -0.2) is 40.3 Å². The van der Waals surface area contributed by atoms with Gasteiger partial charge in [-0.05, 0) is 18.9 Å². The molecule has 0 unspecified atom stereocenters. The molecule has 114 valence electrons. The molecule has 0 heterocycles. The molecular weight excluding hydrogens is 276 g/mol. The van der Waals surface area contributed by atoms with Crippen molar-refractivity contribution in [1.82, 2.24) is 0 Å². The second-order valence-electron chi connectivity index (χ2n) is 5.12. The van der Waals surface area contributed by atoms with E-state index in [1.165, 1.54) is 18.2 Å². The summed E-state index contributed by atoms with van der Waals surface area (Å²) in [6, 6.07) is 3.86. The number of nitrogens with zero attached hydrogens (tertiary/aromatic N) is 2. The van der Waals surface area contributed by atoms with Crippen molar-refractivity contribution in [2.24, 2.45) is 0 Å². The molecular formula is C14H18N2O5. The zero-order chi connectivity index (χ0) is 15.4. The number of hydrogen-bond donors (Lipinski definition) is 2. The zero-order valence-electron chi connectivity index (χ0n) is 11.6. The number of hydrogen-bond acceptors (Lipinski definition) is 5. The van der Waals surface area contributed by atoms with Crippen molar-refractivity contribution in [3.05, 3.63) is 33.9 Å². The summed E-state index contributed by atoms with van der Waals surface area (Å²) < 4.78 is 0. The minimum atomic E-state index is -1.12. The van der Waals surface area contributed by atoms with Crippen LogP contribution in [0.5, 0.6) is 0 Å². The highest BCUT2D eigenvalue weighted by Crippen LogP contribution is 2.32. The number of rotatable bonds is 6. The van der Waals surface area contributed by atoms with Crippen LogP contribution in [0, 0.1) is 10.1 Å². The predicted octanol–water partition coefficient (Wildman–Crippen LogP) is 2.03. The first-order valence-electron chi connectivity index (χ1n) is 6.94. The molecule has 2 rings (SSSR count). The highest BCUT2D eigenvalue weighted by atomic mass is 16.6. The Morgan fingerprint density at radius 3 is 2.57 bits per heavy atom. The quantitative estimate of drug-likeness (QED) is 0.614. The van der Waals surface area contributed by atoms with Crippen molar-refractivity contribution in [3.8, 4) is 0 Å². The highest BCUT2D eigenvalue weighted by Gasteiger charge is 2.27. The van der Waals surface area contributed by atoms with Crippen LogP contribution >= 0.6 is 0 Å². The lowest BCUT2D eigenvalue weighted by Crippen LogP contribution is -2.36. The smallest absolute Gasteiger partial charge is 0.337 e. The van der Waals surface area contributed by atoms with Crippen molar-refractivity contribution in [2.45, 2.75) is 31.7 Å². The summed E-state index contributed by atoms with van der Waals surface area (Å²) >= 11 is 0. The fourth-order valence-electron chi connectivity index (χ4n) is 2.88. The maximum atomic E-state index is 11.4. The monoisotopic (exact) mass is 294 g/mol. The average Bonchev–Trinajstić information content (AvgIpc) is 2.97. The van der Waals surface area contributed by atoms with Gasteiger partial charge in [0.15, 0.2) is 0 Å². The zero-order valence-corrected chi connectivity index (χ0v) is 11.6. The van der Waals surface area contributed by atoms with Gasteiger partial charge < -0.3 is 15.1 Å². The number of carbonyl (C=O) groups is 1. The molecule has 0 spiro atoms. The number of carboxylic acids is 1. The largest absolute Gasteiger partial charge is 0.478 e. The van der Waals surface area contributed by atoms with Gasteiger partial charge in [0, 0.05) is 24.7 Å². The molecule has 1 aliphatic carbocycles. The third-order valence-electron chi connectivity index (χ3n) is 3.84. The number of benzene rings is 1. The molecule has 0 amide bonds. The molecule has 1 aromatic rings. The summed E-state index contributed by atoms with van der Waals surface area (Å²) in [5.41, 5.74) is 0.203. The van der Waals surface area contributed by atoms with Gasteiger partial charge in [-0.3, -0.25) is 10.1 Å². The lowest BCUT2D eigenvalue weighted by atomic mass is 10.1. The second-order valence-corrected chi connectivity index (χ2v) is 5.12. The number of aliphatic hydroxyl groups is 1. The number of anilines is 1. The second kappa shape index (κ2) is 6.53. The maximum Gasteiger partial charge on any atom is 0.337 e. The molecule has 0 aromatic heterocycles. The van der Waals surface area contributed by atoms with Gasteiger partial charge >= 0.3 is 5.97 Å². The molecule has 0 bridgehead atoms. The first-order chi connectivity index (χ1) is 10.0. The molecule has 1 fully saturated rings. The van der Waals surface area contributed by atoms with Gasteiger partial charge in [0.25, 0.3) is 5.69 Å². The molecule has 0 saturated heterocycles. The van der Waals surface area contributed by atoms with Crippen molar-refractivity contribution < 1.29 is 19.9 Å². The van der Waals surface area contributed by atoms with Crippen molar-refractivity contribution in [1.29, 1.82) is 0 Å². The van der Waals surface area contributed by atoms with E-state index in [-0.39, 0.29) is 30.4 Å². The number of aliphatic hydroxyl groups excluding tert-OH is 1. The van der Waals surface area contributed by atoms with Gasteiger partial charge in [-0.2, -0.15) is 0 Å². The molecule has 1 aliphatic rings. The summed E-state index contributed by atoms with van der Waals surface area (Å²) in [6.45, 7) is 0.143. The van der Waals surface area contributed by atoms with Crippen LogP contribution in [0.25, 0.3) is 0 Å². The molecule has 21 heavy (non-hydrogen) atoms. The molecule has 0 aliphatic heterocycles. The molecule has 7 heteroatoms. The van der Waals surface area contributed by atoms with Crippen LogP contribution in [0.3, 0.4) is 0 Å². The van der Waals surface area contributed by atoms with E-state index in [0.717, 1.165) is 25.7 Å². The van der Waals surface area contributed by atoms with Gasteiger partial charge in [-0.1, -0.05) is 12.8 Å². The molecule has 2 N–H and O–H groups in total. The molecule has 1 saturated carbocycles. The third-order valence-corrected chi connectivity index (χ3v) is 3.84. The summed E-state index contributed by atoms with van der Waals surface area (Å²) in [6.07, 6.45) is 3.90. The Labute approximate surface area is 122 Å². The Balaban J connectivity index is 2.46. The lowest BCUT2D eigenvalue weighted by Gasteiger charge is -2.31. The Kier molecular flexibility index (Phi) is 4.74. The van der Waals surface area contributed by atoms with Gasteiger partial charge in [0.05, 0.1) is 22.8 Å². The molecule has 0 radical (unpaired) electrons. The number of nitro groups is 1. The Hall–Kier alpha value is -2.15. The van der Waals surface area contributed by atoms with Gasteiger partial charge in [-0.15, -0.1) is 0 Å². The highest BCUT2D eigenvalue weighted by molar-refractivity contribution is 5.95. The van der Waals surface area contributed by atoms with E-state index in [4.69, 9.17) is 0 Å². The topological polar surface area (TPSA) is 104 Å². The van der Waals surface area contributed by atoms with Crippen LogP contribution in [0.2, 0.25) is 0 Å². The molecule has 0 atom stereocenters. The van der Waals surface area contributed by atoms with E-state index in [1.54, 1.807) is 4.90 Å². The van der Waals surface area contributed by atoms with Crippen LogP contribution in [0.15, 0.2) is 18.2 Å². The number of non-ortho nitro benzene ring substituents is 1. The number of carboxylic acid groups (broad SMARTS) is 1. The molecule has 1 aromatic carbocycles. The van der Waals surface area contributed by atoms with Crippen LogP contribution in [0.1, 0.15) is 36.0 Å². The number of nitro benzene ring substituents is 1. The van der Waals surface area contributed by atoms with Crippen molar-refractivity contribution in [3.63, 3.8) is 0 Å². The Bertz CT molecular complexity index is 540. The number of aromatic carboxylic acids is 1. The van der Waals surface area contributed by atoms with E-state index >= 15 is 0 Å². The first kappa shape index (κ1) is 15.2. The Morgan fingerprint density at radius 1 is 1.38 bits per heavy atom. The van der Waals surface area contributed by atoms with Gasteiger partial charge in [0.1, 0.15) is 0 Å². The molecule has 7 nitrogen and oxygen atoms in total. The normalized spacial score (nSPS) is 15.1. The van der Waals surface area contributed by atoms with Crippen LogP contribution in [0.4, 0.5) is 11.4 Å². The maximum absolute atomic E-state index is 11.4. The third kappa shape index (κ3) is 3.30. The summed E-state index contributed by atoms with van der Waals surface area (Å²) in [7, 11) is 0. The van der Waals surface area contributed by atoms with Gasteiger partial charge in [-0.25, -0.2) is 4.79 Å². The van der Waals surface area contributed by atoms with E-state index in [1.807, 2.05) is 0 Å². The SMILES string of the molecule is O=C(O)c1ccc([N+](=O)[O-])cc1N(CCO)C1CCCC1. The minimum absolute atomic E-state index is 0.0287. The standard InChI is InChI=1S/C14H18N2O5/c17-8-7-15(10-3-1-2-4-10)13-9-11(16(20)21)5-6-12(13)14(18)19/h5-6,9-10,17H,1-4,7-8H2,(H,18,19). The fraction of sp³-hybridized carbons (Fsp3) is 0.500. The predicted molar refractivity (Wildman–Crippen MR) is 76.7 cm³/mol. The minimum Gasteiger partial charge on any atom is -0.478 e. The van der Waals surface area contributed by atoms with E-state index in [0.29, 0.717) is 5.69 Å². The van der Waals surface area contributed by atoms with Crippen LogP contribution < -0.4 is 4.90 Å². The van der Waals surface area contributed by atoms with Crippen molar-refractivity contribution in [2.75, 3.05) is 18.1 Å². The summed E-state index contributed by atoms with van der Waals surface area (Å²) in [5, 5.41) is 29.5. The van der Waals surface area contributed by atoms with Crippen LogP contribution in [-0.2, 0) is 0 Å². The van der Waals surface area contributed by atoms with Crippen molar-refractivity contribution >= 4 is 17.3 Å². The van der Waals surface area contributed by atoms with Gasteiger partial charge in [0.2, 0.25) is 0 Å². The average molecular weight is 294 g/mol. The van der Waals surface area contributed by atoms with E-state index < -0.39 is 10.9 Å². The summed E-state index contributed by atoms with van der Waals surface area (Å²) in [4.78, 5) is 23.5. The van der Waals surface area contributed by atoms with E-state index in [9.17, 15) is 25.1 Å². The summed E-state index contributed by atoms with van der Waals surface area (Å²) in [5.74, 6) is -1.12.